The zero-order valence-corrected chi connectivity index (χ0v) is 7.21. The molecule has 0 aliphatic carbocycles. The Balaban J connectivity index is 3.31. The standard InChI is InChI=1S/C6H4BrClFN/c7-3-1-4(8)6(10)5(9)2-3/h1-2H,10H2. The molecule has 0 aromatic heterocycles. The maximum atomic E-state index is 12.6. The molecule has 0 heterocycles. The Kier molecular flexibility index (Phi) is 2.16. The number of rotatable bonds is 0. The van der Waals surface area contributed by atoms with Gasteiger partial charge in [0.25, 0.3) is 0 Å². The minimum atomic E-state index is -0.501. The van der Waals surface area contributed by atoms with Crippen LogP contribution in [0.15, 0.2) is 16.6 Å². The highest BCUT2D eigenvalue weighted by atomic mass is 79.9. The highest BCUT2D eigenvalue weighted by Crippen LogP contribution is 2.25. The van der Waals surface area contributed by atoms with Crippen molar-refractivity contribution in [2.45, 2.75) is 0 Å². The lowest BCUT2D eigenvalue weighted by atomic mass is 10.3. The fourth-order valence-electron chi connectivity index (χ4n) is 0.553. The summed E-state index contributed by atoms with van der Waals surface area (Å²) in [5.74, 6) is -0.501. The molecule has 0 fully saturated rings. The SMILES string of the molecule is Nc1c(F)cc(Br)cc1Cl. The lowest BCUT2D eigenvalue weighted by Gasteiger charge is -1.98. The van der Waals surface area contributed by atoms with Gasteiger partial charge in [-0.1, -0.05) is 27.5 Å². The number of halogens is 3. The minimum absolute atomic E-state index is 0.00938. The van der Waals surface area contributed by atoms with Gasteiger partial charge < -0.3 is 5.73 Å². The summed E-state index contributed by atoms with van der Waals surface area (Å²) in [5.41, 5.74) is 5.21. The van der Waals surface area contributed by atoms with E-state index in [1.54, 1.807) is 6.07 Å². The molecule has 1 rings (SSSR count). The smallest absolute Gasteiger partial charge is 0.148 e. The third-order valence-corrected chi connectivity index (χ3v) is 1.81. The van der Waals surface area contributed by atoms with E-state index in [1.165, 1.54) is 6.07 Å². The quantitative estimate of drug-likeness (QED) is 0.674. The Bertz CT molecular complexity index is 241. The summed E-state index contributed by atoms with van der Waals surface area (Å²) < 4.78 is 13.2. The summed E-state index contributed by atoms with van der Waals surface area (Å²) in [4.78, 5) is 0. The first-order valence-corrected chi connectivity index (χ1v) is 3.68. The first-order valence-electron chi connectivity index (χ1n) is 2.51. The van der Waals surface area contributed by atoms with Crippen LogP contribution in [-0.4, -0.2) is 0 Å². The molecule has 0 amide bonds. The largest absolute Gasteiger partial charge is 0.395 e. The summed E-state index contributed by atoms with van der Waals surface area (Å²) in [6.45, 7) is 0. The normalized spacial score (nSPS) is 9.90. The van der Waals surface area contributed by atoms with Crippen molar-refractivity contribution in [1.82, 2.24) is 0 Å². The number of nitrogen functional groups attached to an aromatic ring is 1. The topological polar surface area (TPSA) is 26.0 Å². The van der Waals surface area contributed by atoms with Crippen molar-refractivity contribution >= 4 is 33.2 Å². The van der Waals surface area contributed by atoms with Crippen LogP contribution in [0.2, 0.25) is 5.02 Å². The van der Waals surface area contributed by atoms with Crippen LogP contribution in [0.5, 0.6) is 0 Å². The zero-order valence-electron chi connectivity index (χ0n) is 4.87. The highest BCUT2D eigenvalue weighted by Gasteiger charge is 2.03. The van der Waals surface area contributed by atoms with Gasteiger partial charge in [0, 0.05) is 4.47 Å². The Morgan fingerprint density at radius 3 is 2.60 bits per heavy atom. The van der Waals surface area contributed by atoms with E-state index in [1.807, 2.05) is 0 Å². The molecule has 54 valence electrons. The van der Waals surface area contributed by atoms with E-state index in [0.717, 1.165) is 0 Å². The summed E-state index contributed by atoms with van der Waals surface area (Å²) in [6.07, 6.45) is 0. The molecule has 0 atom stereocenters. The van der Waals surface area contributed by atoms with Gasteiger partial charge in [0.15, 0.2) is 0 Å². The van der Waals surface area contributed by atoms with Crippen molar-refractivity contribution in [1.29, 1.82) is 0 Å². The molecule has 0 radical (unpaired) electrons. The Morgan fingerprint density at radius 1 is 1.50 bits per heavy atom. The maximum absolute atomic E-state index is 12.6. The van der Waals surface area contributed by atoms with E-state index >= 15 is 0 Å². The molecule has 1 aromatic carbocycles. The fourth-order valence-corrected chi connectivity index (χ4v) is 1.32. The average Bonchev–Trinajstić information content (AvgIpc) is 1.82. The number of nitrogens with two attached hydrogens (primary N) is 1. The van der Waals surface area contributed by atoms with Crippen LogP contribution >= 0.6 is 27.5 Å². The van der Waals surface area contributed by atoms with E-state index in [-0.39, 0.29) is 10.7 Å². The molecule has 10 heavy (non-hydrogen) atoms. The summed E-state index contributed by atoms with van der Waals surface area (Å²) in [7, 11) is 0. The van der Waals surface area contributed by atoms with Crippen LogP contribution in [0.25, 0.3) is 0 Å². The average molecular weight is 224 g/mol. The second-order valence-corrected chi connectivity index (χ2v) is 3.11. The number of hydrogen-bond acceptors (Lipinski definition) is 1. The number of hydrogen-bond donors (Lipinski definition) is 1. The summed E-state index contributed by atoms with van der Waals surface area (Å²) >= 11 is 8.59. The monoisotopic (exact) mass is 223 g/mol. The molecule has 0 saturated carbocycles. The van der Waals surface area contributed by atoms with Crippen molar-refractivity contribution in [2.24, 2.45) is 0 Å². The van der Waals surface area contributed by atoms with Gasteiger partial charge >= 0.3 is 0 Å². The van der Waals surface area contributed by atoms with Gasteiger partial charge in [-0.05, 0) is 12.1 Å². The van der Waals surface area contributed by atoms with Crippen LogP contribution in [-0.2, 0) is 0 Å². The molecular formula is C6H4BrClFN. The van der Waals surface area contributed by atoms with Crippen molar-refractivity contribution < 1.29 is 4.39 Å². The molecule has 2 N–H and O–H groups in total. The lowest BCUT2D eigenvalue weighted by Crippen LogP contribution is -1.90. The van der Waals surface area contributed by atoms with Gasteiger partial charge in [0.2, 0.25) is 0 Å². The Labute approximate surface area is 71.1 Å². The molecule has 0 saturated heterocycles. The van der Waals surface area contributed by atoms with Gasteiger partial charge in [-0.15, -0.1) is 0 Å². The van der Waals surface area contributed by atoms with E-state index in [9.17, 15) is 4.39 Å². The zero-order chi connectivity index (χ0) is 7.72. The highest BCUT2D eigenvalue weighted by molar-refractivity contribution is 9.10. The molecule has 0 bridgehead atoms. The van der Waals surface area contributed by atoms with Gasteiger partial charge in [0.05, 0.1) is 10.7 Å². The fraction of sp³-hybridized carbons (Fsp3) is 0. The van der Waals surface area contributed by atoms with Crippen molar-refractivity contribution in [3.8, 4) is 0 Å². The lowest BCUT2D eigenvalue weighted by molar-refractivity contribution is 0.632. The molecule has 4 heteroatoms. The second kappa shape index (κ2) is 2.76. The van der Waals surface area contributed by atoms with E-state index in [0.29, 0.717) is 4.47 Å². The molecular weight excluding hydrogens is 220 g/mol. The molecule has 1 aromatic rings. The van der Waals surface area contributed by atoms with Crippen molar-refractivity contribution in [3.05, 3.63) is 27.4 Å². The third-order valence-electron chi connectivity index (χ3n) is 1.04. The molecule has 0 aliphatic rings. The van der Waals surface area contributed by atoms with Crippen molar-refractivity contribution in [3.63, 3.8) is 0 Å². The van der Waals surface area contributed by atoms with Gasteiger partial charge in [-0.25, -0.2) is 4.39 Å². The molecule has 0 aliphatic heterocycles. The van der Waals surface area contributed by atoms with Gasteiger partial charge in [0.1, 0.15) is 5.82 Å². The van der Waals surface area contributed by atoms with Gasteiger partial charge in [-0.3, -0.25) is 0 Å². The van der Waals surface area contributed by atoms with E-state index < -0.39 is 5.82 Å². The summed E-state index contributed by atoms with van der Waals surface area (Å²) in [5, 5.41) is 0.229. The van der Waals surface area contributed by atoms with E-state index in [4.69, 9.17) is 17.3 Å². The molecule has 0 unspecified atom stereocenters. The molecule has 0 spiro atoms. The van der Waals surface area contributed by atoms with Crippen molar-refractivity contribution in [2.75, 3.05) is 5.73 Å². The van der Waals surface area contributed by atoms with Gasteiger partial charge in [-0.2, -0.15) is 0 Å². The predicted octanol–water partition coefficient (Wildman–Crippen LogP) is 2.82. The second-order valence-electron chi connectivity index (χ2n) is 1.78. The predicted molar refractivity (Wildman–Crippen MR) is 43.5 cm³/mol. The van der Waals surface area contributed by atoms with E-state index in [2.05, 4.69) is 15.9 Å². The first-order chi connectivity index (χ1) is 4.61. The Hall–Kier alpha value is -0.280. The van der Waals surface area contributed by atoms with Crippen LogP contribution in [0.3, 0.4) is 0 Å². The number of benzene rings is 1. The number of anilines is 1. The summed E-state index contributed by atoms with van der Waals surface area (Å²) in [6, 6.07) is 2.81. The Morgan fingerprint density at radius 2 is 2.10 bits per heavy atom. The van der Waals surface area contributed by atoms with Crippen LogP contribution < -0.4 is 5.73 Å². The first kappa shape index (κ1) is 7.82. The maximum Gasteiger partial charge on any atom is 0.148 e. The van der Waals surface area contributed by atoms with Crippen LogP contribution in [0, 0.1) is 5.82 Å². The van der Waals surface area contributed by atoms with Crippen LogP contribution in [0.1, 0.15) is 0 Å². The third kappa shape index (κ3) is 1.41. The minimum Gasteiger partial charge on any atom is -0.395 e. The van der Waals surface area contributed by atoms with Crippen LogP contribution in [0.4, 0.5) is 10.1 Å². The molecule has 1 nitrogen and oxygen atoms in total.